The number of nitrogens with zero attached hydrogens (tertiary/aromatic N) is 2. The maximum atomic E-state index is 13.1. The SMILES string of the molecule is Cc1c(N)nc(C(C)C)nc1NCCc1cccc(F)c1. The Balaban J connectivity index is 2.06. The number of halogens is 1. The zero-order chi connectivity index (χ0) is 15.4. The molecule has 0 aliphatic rings. The van der Waals surface area contributed by atoms with Crippen molar-refractivity contribution in [2.24, 2.45) is 0 Å². The van der Waals surface area contributed by atoms with E-state index < -0.39 is 0 Å². The van der Waals surface area contributed by atoms with Gasteiger partial charge in [0, 0.05) is 18.0 Å². The lowest BCUT2D eigenvalue weighted by Gasteiger charge is -2.13. The van der Waals surface area contributed by atoms with Gasteiger partial charge in [-0.1, -0.05) is 26.0 Å². The topological polar surface area (TPSA) is 63.8 Å². The number of hydrogen-bond acceptors (Lipinski definition) is 4. The normalized spacial score (nSPS) is 10.9. The summed E-state index contributed by atoms with van der Waals surface area (Å²) in [7, 11) is 0. The molecule has 3 N–H and O–H groups in total. The van der Waals surface area contributed by atoms with Gasteiger partial charge in [0.25, 0.3) is 0 Å². The third kappa shape index (κ3) is 3.90. The predicted octanol–water partition coefficient (Wildman–Crippen LogP) is 3.28. The van der Waals surface area contributed by atoms with Gasteiger partial charge in [-0.3, -0.25) is 0 Å². The van der Waals surface area contributed by atoms with E-state index in [1.54, 1.807) is 12.1 Å². The van der Waals surface area contributed by atoms with E-state index in [-0.39, 0.29) is 11.7 Å². The molecule has 2 aromatic rings. The maximum absolute atomic E-state index is 13.1. The molecule has 4 nitrogen and oxygen atoms in total. The minimum Gasteiger partial charge on any atom is -0.383 e. The van der Waals surface area contributed by atoms with Gasteiger partial charge in [-0.05, 0) is 31.0 Å². The van der Waals surface area contributed by atoms with Crippen LogP contribution in [0.4, 0.5) is 16.0 Å². The van der Waals surface area contributed by atoms with Crippen molar-refractivity contribution < 1.29 is 4.39 Å². The summed E-state index contributed by atoms with van der Waals surface area (Å²) in [5.74, 6) is 1.99. The summed E-state index contributed by atoms with van der Waals surface area (Å²) in [5.41, 5.74) is 7.72. The number of nitrogens with two attached hydrogens (primary N) is 1. The molecule has 0 atom stereocenters. The number of benzene rings is 1. The average molecular weight is 288 g/mol. The highest BCUT2D eigenvalue weighted by molar-refractivity contribution is 5.55. The summed E-state index contributed by atoms with van der Waals surface area (Å²) in [6.07, 6.45) is 0.720. The van der Waals surface area contributed by atoms with Crippen molar-refractivity contribution in [3.8, 4) is 0 Å². The van der Waals surface area contributed by atoms with Crippen LogP contribution in [0.5, 0.6) is 0 Å². The third-order valence-corrected chi connectivity index (χ3v) is 3.31. The molecule has 112 valence electrons. The first kappa shape index (κ1) is 15.2. The average Bonchev–Trinajstić information content (AvgIpc) is 2.43. The van der Waals surface area contributed by atoms with E-state index >= 15 is 0 Å². The van der Waals surface area contributed by atoms with Gasteiger partial charge in [0.2, 0.25) is 0 Å². The first-order chi connectivity index (χ1) is 9.97. The van der Waals surface area contributed by atoms with Gasteiger partial charge in [-0.2, -0.15) is 0 Å². The smallest absolute Gasteiger partial charge is 0.135 e. The molecule has 21 heavy (non-hydrogen) atoms. The summed E-state index contributed by atoms with van der Waals surface area (Å²) in [6.45, 7) is 6.61. The van der Waals surface area contributed by atoms with Crippen molar-refractivity contribution in [2.75, 3.05) is 17.6 Å². The van der Waals surface area contributed by atoms with Crippen molar-refractivity contribution >= 4 is 11.6 Å². The molecule has 0 aliphatic carbocycles. The zero-order valence-corrected chi connectivity index (χ0v) is 12.7. The van der Waals surface area contributed by atoms with Crippen molar-refractivity contribution in [1.29, 1.82) is 0 Å². The first-order valence-corrected chi connectivity index (χ1v) is 7.09. The number of nitrogen functional groups attached to an aromatic ring is 1. The van der Waals surface area contributed by atoms with E-state index in [4.69, 9.17) is 5.73 Å². The lowest BCUT2D eigenvalue weighted by Crippen LogP contribution is -2.12. The van der Waals surface area contributed by atoms with Gasteiger partial charge < -0.3 is 11.1 Å². The second kappa shape index (κ2) is 6.52. The van der Waals surface area contributed by atoms with Gasteiger partial charge in [-0.15, -0.1) is 0 Å². The second-order valence-corrected chi connectivity index (χ2v) is 5.40. The van der Waals surface area contributed by atoms with E-state index in [9.17, 15) is 4.39 Å². The molecule has 0 spiro atoms. The summed E-state index contributed by atoms with van der Waals surface area (Å²) in [5, 5.41) is 3.26. The molecule has 1 aromatic carbocycles. The molecule has 1 heterocycles. The molecule has 1 aromatic heterocycles. The highest BCUT2D eigenvalue weighted by Gasteiger charge is 2.10. The van der Waals surface area contributed by atoms with Gasteiger partial charge >= 0.3 is 0 Å². The summed E-state index contributed by atoms with van der Waals surface area (Å²) in [6, 6.07) is 6.62. The Morgan fingerprint density at radius 2 is 2.05 bits per heavy atom. The van der Waals surface area contributed by atoms with Crippen LogP contribution < -0.4 is 11.1 Å². The van der Waals surface area contributed by atoms with E-state index in [2.05, 4.69) is 15.3 Å². The molecule has 0 unspecified atom stereocenters. The molecule has 0 fully saturated rings. The molecule has 0 aliphatic heterocycles. The lowest BCUT2D eigenvalue weighted by atomic mass is 10.1. The molecule has 0 saturated carbocycles. The minimum atomic E-state index is -0.211. The molecule has 0 saturated heterocycles. The maximum Gasteiger partial charge on any atom is 0.135 e. The summed E-state index contributed by atoms with van der Waals surface area (Å²) >= 11 is 0. The summed E-state index contributed by atoms with van der Waals surface area (Å²) in [4.78, 5) is 8.79. The molecule has 2 rings (SSSR count). The second-order valence-electron chi connectivity index (χ2n) is 5.40. The fourth-order valence-corrected chi connectivity index (χ4v) is 2.00. The highest BCUT2D eigenvalue weighted by Crippen LogP contribution is 2.20. The molecule has 0 bridgehead atoms. The zero-order valence-electron chi connectivity index (χ0n) is 12.7. The van der Waals surface area contributed by atoms with Gasteiger partial charge in [-0.25, -0.2) is 14.4 Å². The van der Waals surface area contributed by atoms with Crippen LogP contribution in [0.15, 0.2) is 24.3 Å². The van der Waals surface area contributed by atoms with Gasteiger partial charge in [0.05, 0.1) is 0 Å². The van der Waals surface area contributed by atoms with E-state index in [1.165, 1.54) is 6.07 Å². The van der Waals surface area contributed by atoms with Crippen LogP contribution in [0, 0.1) is 12.7 Å². The summed E-state index contributed by atoms with van der Waals surface area (Å²) < 4.78 is 13.1. The fourth-order valence-electron chi connectivity index (χ4n) is 2.00. The minimum absolute atomic E-state index is 0.211. The lowest BCUT2D eigenvalue weighted by molar-refractivity contribution is 0.625. The largest absolute Gasteiger partial charge is 0.383 e. The number of rotatable bonds is 5. The number of aromatic nitrogens is 2. The van der Waals surface area contributed by atoms with Crippen molar-refractivity contribution in [3.63, 3.8) is 0 Å². The van der Waals surface area contributed by atoms with Crippen LogP contribution >= 0.6 is 0 Å². The third-order valence-electron chi connectivity index (χ3n) is 3.31. The number of nitrogens with one attached hydrogen (secondary N) is 1. The van der Waals surface area contributed by atoms with Crippen LogP contribution in [0.3, 0.4) is 0 Å². The Morgan fingerprint density at radius 3 is 2.71 bits per heavy atom. The van der Waals surface area contributed by atoms with Crippen molar-refractivity contribution in [2.45, 2.75) is 33.1 Å². The van der Waals surface area contributed by atoms with Gasteiger partial charge in [0.1, 0.15) is 23.3 Å². The van der Waals surface area contributed by atoms with Gasteiger partial charge in [0.15, 0.2) is 0 Å². The van der Waals surface area contributed by atoms with Crippen LogP contribution in [-0.2, 0) is 6.42 Å². The molecule has 0 radical (unpaired) electrons. The van der Waals surface area contributed by atoms with Crippen LogP contribution in [0.25, 0.3) is 0 Å². The van der Waals surface area contributed by atoms with E-state index in [1.807, 2.05) is 26.8 Å². The van der Waals surface area contributed by atoms with E-state index in [0.717, 1.165) is 29.2 Å². The van der Waals surface area contributed by atoms with Crippen LogP contribution in [0.1, 0.15) is 36.7 Å². The molecular formula is C16H21FN4. The monoisotopic (exact) mass is 288 g/mol. The van der Waals surface area contributed by atoms with E-state index in [0.29, 0.717) is 12.4 Å². The molecule has 0 amide bonds. The molecular weight excluding hydrogens is 267 g/mol. The molecule has 5 heteroatoms. The number of hydrogen-bond donors (Lipinski definition) is 2. The Labute approximate surface area is 124 Å². The Bertz CT molecular complexity index is 626. The Kier molecular flexibility index (Phi) is 4.73. The number of anilines is 2. The predicted molar refractivity (Wildman–Crippen MR) is 83.9 cm³/mol. The van der Waals surface area contributed by atoms with Crippen LogP contribution in [-0.4, -0.2) is 16.5 Å². The fraction of sp³-hybridized carbons (Fsp3) is 0.375. The van der Waals surface area contributed by atoms with Crippen molar-refractivity contribution in [3.05, 3.63) is 47.0 Å². The van der Waals surface area contributed by atoms with Crippen molar-refractivity contribution in [1.82, 2.24) is 9.97 Å². The standard InChI is InChI=1S/C16H21FN4/c1-10(2)15-20-14(18)11(3)16(21-15)19-8-7-12-5-4-6-13(17)9-12/h4-6,9-10H,7-8H2,1-3H3,(H3,18,19,20,21). The highest BCUT2D eigenvalue weighted by atomic mass is 19.1. The quantitative estimate of drug-likeness (QED) is 0.886. The Morgan fingerprint density at radius 1 is 1.29 bits per heavy atom. The van der Waals surface area contributed by atoms with Crippen LogP contribution in [0.2, 0.25) is 0 Å². The Hall–Kier alpha value is -2.17. The first-order valence-electron chi connectivity index (χ1n) is 7.09.